The van der Waals surface area contributed by atoms with Crippen molar-refractivity contribution in [2.45, 2.75) is 12.2 Å². The van der Waals surface area contributed by atoms with Crippen LogP contribution in [0.25, 0.3) is 0 Å². The van der Waals surface area contributed by atoms with Crippen molar-refractivity contribution in [1.29, 1.82) is 0 Å². The van der Waals surface area contributed by atoms with Crippen LogP contribution in [0, 0.1) is 5.41 Å². The summed E-state index contributed by atoms with van der Waals surface area (Å²) in [5.41, 5.74) is -1.01. The van der Waals surface area contributed by atoms with Crippen molar-refractivity contribution in [2.24, 2.45) is 5.41 Å². The third kappa shape index (κ3) is 1.59. The fraction of sp³-hybridized carbons (Fsp3) is 0.727. The zero-order valence-electron chi connectivity index (χ0n) is 9.53. The van der Waals surface area contributed by atoms with Crippen LogP contribution in [0.4, 0.5) is 4.39 Å². The Morgan fingerprint density at radius 3 is 2.82 bits per heavy atom. The van der Waals surface area contributed by atoms with Gasteiger partial charge in [-0.2, -0.15) is 5.10 Å². The smallest absolute Gasteiger partial charge is 0.157 e. The van der Waals surface area contributed by atoms with Crippen molar-refractivity contribution < 1.29 is 14.2 Å². The second-order valence-electron chi connectivity index (χ2n) is 5.15. The zero-order valence-corrected chi connectivity index (χ0v) is 9.53. The van der Waals surface area contributed by atoms with Gasteiger partial charge in [-0.15, -0.1) is 0 Å². The van der Waals surface area contributed by atoms with Gasteiger partial charge in [0.15, 0.2) is 5.67 Å². The van der Waals surface area contributed by atoms with E-state index in [2.05, 4.69) is 10.2 Å². The number of aliphatic hydroxyl groups excluding tert-OH is 1. The maximum Gasteiger partial charge on any atom is 0.157 e. The fourth-order valence-corrected chi connectivity index (χ4v) is 2.80. The molecule has 1 aromatic heterocycles. The molecule has 6 heteroatoms. The van der Waals surface area contributed by atoms with E-state index in [0.717, 1.165) is 5.56 Å². The highest BCUT2D eigenvalue weighted by atomic mass is 19.1. The van der Waals surface area contributed by atoms with Gasteiger partial charge in [0, 0.05) is 31.4 Å². The maximum absolute atomic E-state index is 14.6. The summed E-state index contributed by atoms with van der Waals surface area (Å²) in [6.45, 7) is 1.94. The molecule has 1 atom stereocenters. The van der Waals surface area contributed by atoms with E-state index in [0.29, 0.717) is 26.3 Å². The lowest BCUT2D eigenvalue weighted by molar-refractivity contribution is -0.178. The van der Waals surface area contributed by atoms with Gasteiger partial charge < -0.3 is 9.84 Å². The number of nitrogens with one attached hydrogen (secondary N) is 1. The summed E-state index contributed by atoms with van der Waals surface area (Å²) in [5, 5.41) is 15.9. The van der Waals surface area contributed by atoms with Crippen molar-refractivity contribution in [2.75, 3.05) is 32.9 Å². The molecule has 0 saturated carbocycles. The largest absolute Gasteiger partial charge is 0.393 e. The molecule has 1 spiro atoms. The minimum atomic E-state index is -1.53. The van der Waals surface area contributed by atoms with E-state index in [1.165, 1.54) is 0 Å². The normalized spacial score (nSPS) is 31.9. The number of halogens is 1. The van der Waals surface area contributed by atoms with E-state index >= 15 is 0 Å². The van der Waals surface area contributed by atoms with E-state index in [4.69, 9.17) is 4.74 Å². The molecule has 0 aliphatic carbocycles. The van der Waals surface area contributed by atoms with Gasteiger partial charge in [-0.25, -0.2) is 4.39 Å². The molecule has 3 rings (SSSR count). The summed E-state index contributed by atoms with van der Waals surface area (Å²) in [5.74, 6) is 0. The lowest BCUT2D eigenvalue weighted by Crippen LogP contribution is -2.58. The highest BCUT2D eigenvalue weighted by Crippen LogP contribution is 2.47. The summed E-state index contributed by atoms with van der Waals surface area (Å²) in [7, 11) is 0. The van der Waals surface area contributed by atoms with Crippen molar-refractivity contribution in [3.8, 4) is 0 Å². The second kappa shape index (κ2) is 3.76. The number of hydrogen-bond acceptors (Lipinski definition) is 4. The molecule has 94 valence electrons. The first-order valence-electron chi connectivity index (χ1n) is 5.75. The van der Waals surface area contributed by atoms with E-state index < -0.39 is 17.7 Å². The van der Waals surface area contributed by atoms with Crippen molar-refractivity contribution >= 4 is 0 Å². The highest BCUT2D eigenvalue weighted by molar-refractivity contribution is 5.13. The summed E-state index contributed by atoms with van der Waals surface area (Å²) in [4.78, 5) is 2.02. The van der Waals surface area contributed by atoms with Gasteiger partial charge in [0.1, 0.15) is 0 Å². The molecule has 2 aliphatic rings. The number of aromatic nitrogens is 2. The number of ether oxygens (including phenoxy) is 1. The Morgan fingerprint density at radius 1 is 1.53 bits per heavy atom. The van der Waals surface area contributed by atoms with Gasteiger partial charge >= 0.3 is 0 Å². The number of alkyl halides is 1. The molecule has 2 aliphatic heterocycles. The minimum Gasteiger partial charge on any atom is -0.393 e. The second-order valence-corrected chi connectivity index (χ2v) is 5.15. The molecule has 2 fully saturated rings. The van der Waals surface area contributed by atoms with Crippen LogP contribution < -0.4 is 0 Å². The lowest BCUT2D eigenvalue weighted by atomic mass is 9.74. The van der Waals surface area contributed by atoms with Crippen LogP contribution in [0.5, 0.6) is 0 Å². The van der Waals surface area contributed by atoms with Gasteiger partial charge in [-0.1, -0.05) is 0 Å². The third-order valence-electron chi connectivity index (χ3n) is 3.92. The van der Waals surface area contributed by atoms with E-state index in [1.807, 2.05) is 4.90 Å². The van der Waals surface area contributed by atoms with Gasteiger partial charge in [-0.05, 0) is 0 Å². The Balaban J connectivity index is 1.74. The van der Waals surface area contributed by atoms with Crippen LogP contribution in [0.2, 0.25) is 0 Å². The van der Waals surface area contributed by atoms with Crippen molar-refractivity contribution in [3.63, 3.8) is 0 Å². The molecule has 1 aromatic rings. The first-order chi connectivity index (χ1) is 8.17. The number of H-pyrrole nitrogens is 1. The molecule has 0 bridgehead atoms. The maximum atomic E-state index is 14.6. The summed E-state index contributed by atoms with van der Waals surface area (Å²) < 4.78 is 19.8. The van der Waals surface area contributed by atoms with Crippen molar-refractivity contribution in [1.82, 2.24) is 15.1 Å². The van der Waals surface area contributed by atoms with E-state index in [1.54, 1.807) is 12.4 Å². The van der Waals surface area contributed by atoms with Gasteiger partial charge in [0.2, 0.25) is 0 Å². The number of aliphatic hydroxyl groups is 1. The van der Waals surface area contributed by atoms with Crippen LogP contribution in [0.15, 0.2) is 12.4 Å². The first-order valence-corrected chi connectivity index (χ1v) is 5.75. The molecule has 2 saturated heterocycles. The lowest BCUT2D eigenvalue weighted by Gasteiger charge is -2.44. The predicted molar refractivity (Wildman–Crippen MR) is 58.0 cm³/mol. The van der Waals surface area contributed by atoms with Crippen LogP contribution in [-0.4, -0.2) is 58.8 Å². The topological polar surface area (TPSA) is 61.4 Å². The molecule has 0 amide bonds. The van der Waals surface area contributed by atoms with Crippen LogP contribution in [-0.2, 0) is 11.3 Å². The molecule has 0 aromatic carbocycles. The Labute approximate surface area is 98.6 Å². The van der Waals surface area contributed by atoms with Crippen LogP contribution >= 0.6 is 0 Å². The number of nitrogens with zero attached hydrogens (tertiary/aromatic N) is 2. The summed E-state index contributed by atoms with van der Waals surface area (Å²) >= 11 is 0. The summed E-state index contributed by atoms with van der Waals surface area (Å²) in [6.07, 6.45) is 3.54. The summed E-state index contributed by atoms with van der Waals surface area (Å²) in [6, 6.07) is 0. The molecular weight excluding hydrogens is 225 g/mol. The van der Waals surface area contributed by atoms with E-state index in [-0.39, 0.29) is 6.54 Å². The molecular formula is C11H16FN3O2. The minimum absolute atomic E-state index is 0.262. The van der Waals surface area contributed by atoms with Gasteiger partial charge in [-0.3, -0.25) is 10.00 Å². The highest BCUT2D eigenvalue weighted by Gasteiger charge is 2.62. The number of aromatic amines is 1. The Bertz CT molecular complexity index is 382. The standard InChI is InChI=1S/C11H16FN3O2/c12-11(6-16)5-15(3-9-1-13-14-2-9)4-10(11)7-17-8-10/h1-2,16H,3-8H2,(H,13,14). The first kappa shape index (κ1) is 11.1. The Morgan fingerprint density at radius 2 is 2.35 bits per heavy atom. The van der Waals surface area contributed by atoms with Crippen LogP contribution in [0.1, 0.15) is 5.56 Å². The fourth-order valence-electron chi connectivity index (χ4n) is 2.80. The molecule has 5 nitrogen and oxygen atoms in total. The molecule has 17 heavy (non-hydrogen) atoms. The average molecular weight is 241 g/mol. The predicted octanol–water partition coefficient (Wildman–Crippen LogP) is -0.0575. The Hall–Kier alpha value is -0.980. The molecule has 0 radical (unpaired) electrons. The number of hydrogen-bond donors (Lipinski definition) is 2. The molecule has 2 N–H and O–H groups in total. The monoisotopic (exact) mass is 241 g/mol. The van der Waals surface area contributed by atoms with Crippen molar-refractivity contribution in [3.05, 3.63) is 18.0 Å². The van der Waals surface area contributed by atoms with Gasteiger partial charge in [0.05, 0.1) is 31.4 Å². The SMILES string of the molecule is OCC1(F)CN(Cc2cn[nH]c2)CC12COC2. The van der Waals surface area contributed by atoms with Crippen LogP contribution in [0.3, 0.4) is 0 Å². The zero-order chi connectivity index (χ0) is 11.9. The quantitative estimate of drug-likeness (QED) is 0.778. The Kier molecular flexibility index (Phi) is 2.46. The van der Waals surface area contributed by atoms with E-state index in [9.17, 15) is 9.50 Å². The number of likely N-dealkylation sites (tertiary alicyclic amines) is 1. The van der Waals surface area contributed by atoms with Gasteiger partial charge in [0.25, 0.3) is 0 Å². The molecule has 3 heterocycles. The third-order valence-corrected chi connectivity index (χ3v) is 3.92. The molecule has 1 unspecified atom stereocenters. The number of rotatable bonds is 3. The average Bonchev–Trinajstić information content (AvgIpc) is 2.84.